The van der Waals surface area contributed by atoms with Gasteiger partial charge in [-0.1, -0.05) is 0 Å². The van der Waals surface area contributed by atoms with Gasteiger partial charge in [0.25, 0.3) is 0 Å². The van der Waals surface area contributed by atoms with Crippen LogP contribution in [0.2, 0.25) is 0 Å². The summed E-state index contributed by atoms with van der Waals surface area (Å²) < 4.78 is 7.38. The summed E-state index contributed by atoms with van der Waals surface area (Å²) in [5.41, 5.74) is 0. The van der Waals surface area contributed by atoms with E-state index in [9.17, 15) is 5.11 Å². The first-order chi connectivity index (χ1) is 8.20. The Morgan fingerprint density at radius 3 is 3.18 bits per heavy atom. The van der Waals surface area contributed by atoms with Crippen LogP contribution in [0.3, 0.4) is 0 Å². The number of aromatic nitrogens is 3. The molecule has 0 aromatic carbocycles. The number of hydrogen-bond donors (Lipinski definition) is 1. The maximum atomic E-state index is 10.2. The minimum atomic E-state index is -0.521. The first kappa shape index (κ1) is 12.5. The third-order valence-electron chi connectivity index (χ3n) is 3.11. The van der Waals surface area contributed by atoms with Crippen LogP contribution in [0.15, 0.2) is 6.33 Å². The van der Waals surface area contributed by atoms with Gasteiger partial charge in [0.2, 0.25) is 0 Å². The third-order valence-corrected chi connectivity index (χ3v) is 3.11. The van der Waals surface area contributed by atoms with E-state index >= 15 is 0 Å². The fourth-order valence-electron chi connectivity index (χ4n) is 2.07. The summed E-state index contributed by atoms with van der Waals surface area (Å²) in [5, 5.41) is 14.2. The minimum absolute atomic E-state index is 0.129. The van der Waals surface area contributed by atoms with Crippen molar-refractivity contribution in [3.05, 3.63) is 12.2 Å². The van der Waals surface area contributed by atoms with Gasteiger partial charge in [-0.25, -0.2) is 4.98 Å². The van der Waals surface area contributed by atoms with Crippen molar-refractivity contribution in [2.24, 2.45) is 0 Å². The number of ether oxygens (including phenoxy) is 1. The molecule has 96 valence electrons. The Morgan fingerprint density at radius 2 is 2.47 bits per heavy atom. The molecular weight excluding hydrogens is 220 g/mol. The van der Waals surface area contributed by atoms with Gasteiger partial charge in [0.1, 0.15) is 12.2 Å². The molecule has 1 aromatic rings. The monoisotopic (exact) mass is 240 g/mol. The average molecular weight is 240 g/mol. The third kappa shape index (κ3) is 3.02. The van der Waals surface area contributed by atoms with Crippen molar-refractivity contribution in [3.8, 4) is 0 Å². The van der Waals surface area contributed by atoms with E-state index in [1.165, 1.54) is 6.33 Å². The van der Waals surface area contributed by atoms with Crippen molar-refractivity contribution >= 4 is 0 Å². The number of aryl methyl sites for hydroxylation is 1. The quantitative estimate of drug-likeness (QED) is 0.771. The maximum absolute atomic E-state index is 10.2. The molecule has 6 heteroatoms. The SMILES string of the molecule is CCn1ncnc1CC(O)C1CN(C)CCO1. The number of nitrogens with zero attached hydrogens (tertiary/aromatic N) is 4. The maximum Gasteiger partial charge on any atom is 0.138 e. The fraction of sp³-hybridized carbons (Fsp3) is 0.818. The Balaban J connectivity index is 1.94. The molecule has 1 N–H and O–H groups in total. The van der Waals surface area contributed by atoms with Gasteiger partial charge in [-0.2, -0.15) is 5.10 Å². The van der Waals surface area contributed by atoms with E-state index < -0.39 is 6.10 Å². The molecule has 1 aromatic heterocycles. The van der Waals surface area contributed by atoms with E-state index in [1.807, 2.05) is 14.0 Å². The number of rotatable bonds is 4. The van der Waals surface area contributed by atoms with Gasteiger partial charge in [-0.05, 0) is 14.0 Å². The van der Waals surface area contributed by atoms with Gasteiger partial charge in [0.15, 0.2) is 0 Å². The lowest BCUT2D eigenvalue weighted by Gasteiger charge is -2.32. The molecule has 0 aliphatic carbocycles. The fourth-order valence-corrected chi connectivity index (χ4v) is 2.07. The summed E-state index contributed by atoms with van der Waals surface area (Å²) in [6.45, 7) is 5.15. The predicted octanol–water partition coefficient (Wildman–Crippen LogP) is -0.468. The zero-order valence-corrected chi connectivity index (χ0v) is 10.4. The highest BCUT2D eigenvalue weighted by atomic mass is 16.5. The molecule has 1 saturated heterocycles. The molecule has 0 bridgehead atoms. The summed E-state index contributed by atoms with van der Waals surface area (Å²) in [6.07, 6.45) is 1.37. The number of hydrogen-bond acceptors (Lipinski definition) is 5. The van der Waals surface area contributed by atoms with Crippen molar-refractivity contribution in [3.63, 3.8) is 0 Å². The van der Waals surface area contributed by atoms with Crippen molar-refractivity contribution < 1.29 is 9.84 Å². The second-order valence-corrected chi connectivity index (χ2v) is 4.43. The number of likely N-dealkylation sites (N-methyl/N-ethyl adjacent to an activating group) is 1. The summed E-state index contributed by atoms with van der Waals surface area (Å²) in [7, 11) is 2.04. The molecule has 2 rings (SSSR count). The van der Waals surface area contributed by atoms with Crippen molar-refractivity contribution in [2.75, 3.05) is 26.7 Å². The summed E-state index contributed by atoms with van der Waals surface area (Å²) in [6, 6.07) is 0. The molecule has 2 atom stereocenters. The largest absolute Gasteiger partial charge is 0.390 e. The molecule has 0 amide bonds. The van der Waals surface area contributed by atoms with Gasteiger partial charge in [-0.15, -0.1) is 0 Å². The minimum Gasteiger partial charge on any atom is -0.390 e. The van der Waals surface area contributed by atoms with Crippen LogP contribution >= 0.6 is 0 Å². The topological polar surface area (TPSA) is 63.4 Å². The van der Waals surface area contributed by atoms with E-state index in [-0.39, 0.29) is 6.10 Å². The molecular formula is C11H20N4O2. The van der Waals surface area contributed by atoms with Gasteiger partial charge in [-0.3, -0.25) is 4.68 Å². The first-order valence-electron chi connectivity index (χ1n) is 6.05. The van der Waals surface area contributed by atoms with Gasteiger partial charge >= 0.3 is 0 Å². The van der Waals surface area contributed by atoms with Crippen LogP contribution in [-0.4, -0.2) is 63.7 Å². The van der Waals surface area contributed by atoms with E-state index in [1.54, 1.807) is 4.68 Å². The van der Waals surface area contributed by atoms with Gasteiger partial charge in [0.05, 0.1) is 18.8 Å². The van der Waals surface area contributed by atoms with Crippen LogP contribution in [0.1, 0.15) is 12.7 Å². The lowest BCUT2D eigenvalue weighted by Crippen LogP contribution is -2.46. The van der Waals surface area contributed by atoms with E-state index in [4.69, 9.17) is 4.74 Å². The Hall–Kier alpha value is -0.980. The zero-order chi connectivity index (χ0) is 12.3. The lowest BCUT2D eigenvalue weighted by molar-refractivity contribution is -0.0830. The van der Waals surface area contributed by atoms with Crippen molar-refractivity contribution in [2.45, 2.75) is 32.1 Å². The number of morpholine rings is 1. The molecule has 1 aliphatic rings. The molecule has 6 nitrogen and oxygen atoms in total. The second-order valence-electron chi connectivity index (χ2n) is 4.43. The summed E-state index contributed by atoms with van der Waals surface area (Å²) >= 11 is 0. The molecule has 0 saturated carbocycles. The van der Waals surface area contributed by atoms with Gasteiger partial charge in [0, 0.05) is 26.1 Å². The van der Waals surface area contributed by atoms with Crippen molar-refractivity contribution in [1.82, 2.24) is 19.7 Å². The van der Waals surface area contributed by atoms with Crippen LogP contribution in [0.5, 0.6) is 0 Å². The van der Waals surface area contributed by atoms with Crippen molar-refractivity contribution in [1.29, 1.82) is 0 Å². The first-order valence-corrected chi connectivity index (χ1v) is 6.05. The highest BCUT2D eigenvalue weighted by molar-refractivity contribution is 4.90. The molecule has 0 spiro atoms. The molecule has 2 heterocycles. The molecule has 1 aliphatic heterocycles. The molecule has 1 fully saturated rings. The lowest BCUT2D eigenvalue weighted by atomic mass is 10.1. The normalized spacial score (nSPS) is 23.8. The molecule has 0 radical (unpaired) electrons. The standard InChI is InChI=1S/C11H20N4O2/c1-3-15-11(12-8-13-15)6-9(16)10-7-14(2)4-5-17-10/h8-10,16H,3-7H2,1-2H3. The average Bonchev–Trinajstić information content (AvgIpc) is 2.76. The predicted molar refractivity (Wildman–Crippen MR) is 62.6 cm³/mol. The second kappa shape index (κ2) is 5.57. The number of aliphatic hydroxyl groups is 1. The van der Waals surface area contributed by atoms with E-state index in [2.05, 4.69) is 15.0 Å². The highest BCUT2D eigenvalue weighted by Crippen LogP contribution is 2.11. The summed E-state index contributed by atoms with van der Waals surface area (Å²) in [4.78, 5) is 6.33. The highest BCUT2D eigenvalue weighted by Gasteiger charge is 2.26. The van der Waals surface area contributed by atoms with Crippen LogP contribution in [0.25, 0.3) is 0 Å². The Bertz CT molecular complexity index is 355. The number of aliphatic hydroxyl groups excluding tert-OH is 1. The van der Waals surface area contributed by atoms with Crippen LogP contribution in [-0.2, 0) is 17.7 Å². The molecule has 17 heavy (non-hydrogen) atoms. The Kier molecular flexibility index (Phi) is 4.09. The zero-order valence-electron chi connectivity index (χ0n) is 10.4. The Morgan fingerprint density at radius 1 is 1.65 bits per heavy atom. The van der Waals surface area contributed by atoms with E-state index in [0.29, 0.717) is 13.0 Å². The smallest absolute Gasteiger partial charge is 0.138 e. The molecule has 2 unspecified atom stereocenters. The summed E-state index contributed by atoms with van der Waals surface area (Å²) in [5.74, 6) is 0.817. The van der Waals surface area contributed by atoms with Crippen LogP contribution < -0.4 is 0 Å². The van der Waals surface area contributed by atoms with Gasteiger partial charge < -0.3 is 14.7 Å². The Labute approximate surface area is 101 Å². The van der Waals surface area contributed by atoms with Crippen LogP contribution in [0, 0.1) is 0 Å². The van der Waals surface area contributed by atoms with Crippen LogP contribution in [0.4, 0.5) is 0 Å². The van der Waals surface area contributed by atoms with E-state index in [0.717, 1.165) is 25.5 Å².